The first kappa shape index (κ1) is 10.9. The van der Waals surface area contributed by atoms with Gasteiger partial charge in [-0.3, -0.25) is 0 Å². The van der Waals surface area contributed by atoms with Gasteiger partial charge in [0.15, 0.2) is 0 Å². The van der Waals surface area contributed by atoms with Crippen molar-refractivity contribution in [1.29, 1.82) is 0 Å². The van der Waals surface area contributed by atoms with E-state index < -0.39 is 0 Å². The fourth-order valence-corrected chi connectivity index (χ4v) is 1.25. The van der Waals surface area contributed by atoms with Gasteiger partial charge in [-0.1, -0.05) is 13.8 Å². The second-order valence-electron chi connectivity index (χ2n) is 2.92. The van der Waals surface area contributed by atoms with E-state index in [-0.39, 0.29) is 0 Å². The first-order valence-electron chi connectivity index (χ1n) is 4.45. The normalized spacial score (nSPS) is 13.9. The van der Waals surface area contributed by atoms with Crippen LogP contribution in [0, 0.1) is 0 Å². The molecule has 0 aliphatic carbocycles. The third kappa shape index (κ3) is 4.38. The van der Waals surface area contributed by atoms with Gasteiger partial charge in [0.2, 0.25) is 0 Å². The van der Waals surface area contributed by atoms with Crippen LogP contribution in [0.4, 0.5) is 0 Å². The average molecular weight is 159 g/mol. The largest absolute Gasteiger partial charge is 0.385 e. The van der Waals surface area contributed by atoms with Gasteiger partial charge in [-0.15, -0.1) is 0 Å². The molecule has 0 radical (unpaired) electrons. The van der Waals surface area contributed by atoms with Gasteiger partial charge in [0.25, 0.3) is 0 Å². The highest BCUT2D eigenvalue weighted by Gasteiger charge is 2.09. The van der Waals surface area contributed by atoms with Crippen LogP contribution < -0.4 is 0 Å². The smallest absolute Gasteiger partial charge is 0.0477 e. The SMILES string of the molecule is CCC(CCOC)N(C)CC. The van der Waals surface area contributed by atoms with Crippen LogP contribution in [0.2, 0.25) is 0 Å². The van der Waals surface area contributed by atoms with Crippen molar-refractivity contribution in [3.05, 3.63) is 0 Å². The van der Waals surface area contributed by atoms with Crippen LogP contribution >= 0.6 is 0 Å². The van der Waals surface area contributed by atoms with E-state index in [9.17, 15) is 0 Å². The summed E-state index contributed by atoms with van der Waals surface area (Å²) in [5.74, 6) is 0. The van der Waals surface area contributed by atoms with Gasteiger partial charge in [-0.2, -0.15) is 0 Å². The number of methoxy groups -OCH3 is 1. The Morgan fingerprint density at radius 1 is 1.36 bits per heavy atom. The highest BCUT2D eigenvalue weighted by molar-refractivity contribution is 4.64. The number of ether oxygens (including phenoxy) is 1. The van der Waals surface area contributed by atoms with Crippen LogP contribution in [0.1, 0.15) is 26.7 Å². The fourth-order valence-electron chi connectivity index (χ4n) is 1.25. The van der Waals surface area contributed by atoms with E-state index in [1.807, 2.05) is 0 Å². The summed E-state index contributed by atoms with van der Waals surface area (Å²) < 4.78 is 5.04. The molecule has 0 amide bonds. The number of hydrogen-bond acceptors (Lipinski definition) is 2. The van der Waals surface area contributed by atoms with E-state index >= 15 is 0 Å². The summed E-state index contributed by atoms with van der Waals surface area (Å²) in [6.45, 7) is 6.42. The summed E-state index contributed by atoms with van der Waals surface area (Å²) in [5.41, 5.74) is 0. The van der Waals surface area contributed by atoms with Gasteiger partial charge in [0, 0.05) is 19.8 Å². The van der Waals surface area contributed by atoms with Crippen molar-refractivity contribution in [3.8, 4) is 0 Å². The summed E-state index contributed by atoms with van der Waals surface area (Å²) in [6, 6.07) is 0.694. The summed E-state index contributed by atoms with van der Waals surface area (Å²) in [6.07, 6.45) is 2.37. The van der Waals surface area contributed by atoms with Crippen LogP contribution in [-0.2, 0) is 4.74 Å². The number of nitrogens with zero attached hydrogens (tertiary/aromatic N) is 1. The molecule has 11 heavy (non-hydrogen) atoms. The summed E-state index contributed by atoms with van der Waals surface area (Å²) in [7, 11) is 3.93. The Balaban J connectivity index is 3.56. The second-order valence-corrected chi connectivity index (χ2v) is 2.92. The lowest BCUT2D eigenvalue weighted by molar-refractivity contribution is 0.147. The van der Waals surface area contributed by atoms with Gasteiger partial charge < -0.3 is 9.64 Å². The van der Waals surface area contributed by atoms with Gasteiger partial charge in [0.05, 0.1) is 0 Å². The summed E-state index contributed by atoms with van der Waals surface area (Å²) in [4.78, 5) is 2.37. The highest BCUT2D eigenvalue weighted by atomic mass is 16.5. The Hall–Kier alpha value is -0.0800. The molecule has 0 saturated carbocycles. The lowest BCUT2D eigenvalue weighted by Gasteiger charge is -2.25. The van der Waals surface area contributed by atoms with E-state index in [0.717, 1.165) is 19.6 Å². The zero-order valence-electron chi connectivity index (χ0n) is 8.26. The molecule has 0 heterocycles. The van der Waals surface area contributed by atoms with E-state index in [2.05, 4.69) is 25.8 Å². The van der Waals surface area contributed by atoms with E-state index in [1.165, 1.54) is 6.42 Å². The Kier molecular flexibility index (Phi) is 6.57. The zero-order chi connectivity index (χ0) is 8.69. The Morgan fingerprint density at radius 2 is 2.00 bits per heavy atom. The lowest BCUT2D eigenvalue weighted by Crippen LogP contribution is -2.31. The maximum Gasteiger partial charge on any atom is 0.0477 e. The molecule has 0 aromatic rings. The molecule has 2 heteroatoms. The van der Waals surface area contributed by atoms with Crippen molar-refractivity contribution in [2.24, 2.45) is 0 Å². The minimum absolute atomic E-state index is 0.694. The van der Waals surface area contributed by atoms with Crippen LogP contribution in [0.25, 0.3) is 0 Å². The van der Waals surface area contributed by atoms with Crippen LogP contribution in [-0.4, -0.2) is 38.3 Å². The molecule has 2 nitrogen and oxygen atoms in total. The molecule has 0 aliphatic heterocycles. The maximum absolute atomic E-state index is 5.04. The minimum atomic E-state index is 0.694. The van der Waals surface area contributed by atoms with Crippen molar-refractivity contribution in [2.75, 3.05) is 27.3 Å². The van der Waals surface area contributed by atoms with Crippen LogP contribution in [0.15, 0.2) is 0 Å². The van der Waals surface area contributed by atoms with Crippen molar-refractivity contribution in [2.45, 2.75) is 32.7 Å². The molecule has 0 N–H and O–H groups in total. The van der Waals surface area contributed by atoms with E-state index in [1.54, 1.807) is 7.11 Å². The zero-order valence-corrected chi connectivity index (χ0v) is 8.26. The summed E-state index contributed by atoms with van der Waals surface area (Å²) in [5, 5.41) is 0. The molecule has 1 unspecified atom stereocenters. The van der Waals surface area contributed by atoms with Gasteiger partial charge in [-0.05, 0) is 26.4 Å². The average Bonchev–Trinajstić information content (AvgIpc) is 2.05. The molecule has 0 spiro atoms. The first-order chi connectivity index (χ1) is 5.26. The van der Waals surface area contributed by atoms with Gasteiger partial charge in [-0.25, -0.2) is 0 Å². The molecule has 0 rings (SSSR count). The number of hydrogen-bond donors (Lipinski definition) is 0. The van der Waals surface area contributed by atoms with E-state index in [0.29, 0.717) is 6.04 Å². The van der Waals surface area contributed by atoms with Gasteiger partial charge >= 0.3 is 0 Å². The predicted octanol–water partition coefficient (Wildman–Crippen LogP) is 1.75. The Morgan fingerprint density at radius 3 is 2.36 bits per heavy atom. The fraction of sp³-hybridized carbons (Fsp3) is 1.00. The molecule has 68 valence electrons. The molecule has 0 aliphatic rings. The summed E-state index contributed by atoms with van der Waals surface area (Å²) >= 11 is 0. The molecule has 0 aromatic carbocycles. The first-order valence-corrected chi connectivity index (χ1v) is 4.45. The van der Waals surface area contributed by atoms with Gasteiger partial charge in [0.1, 0.15) is 0 Å². The predicted molar refractivity (Wildman–Crippen MR) is 48.9 cm³/mol. The van der Waals surface area contributed by atoms with Crippen LogP contribution in [0.5, 0.6) is 0 Å². The maximum atomic E-state index is 5.04. The quantitative estimate of drug-likeness (QED) is 0.585. The third-order valence-corrected chi connectivity index (χ3v) is 2.25. The van der Waals surface area contributed by atoms with Crippen molar-refractivity contribution in [3.63, 3.8) is 0 Å². The Bertz CT molecular complexity index is 85.6. The van der Waals surface area contributed by atoms with Crippen molar-refractivity contribution in [1.82, 2.24) is 4.90 Å². The second kappa shape index (κ2) is 6.62. The highest BCUT2D eigenvalue weighted by Crippen LogP contribution is 2.05. The standard InChI is InChI=1S/C9H21NO/c1-5-9(7-8-11-4)10(3)6-2/h9H,5-8H2,1-4H3. The third-order valence-electron chi connectivity index (χ3n) is 2.25. The van der Waals surface area contributed by atoms with Crippen LogP contribution in [0.3, 0.4) is 0 Å². The molecule has 0 aromatic heterocycles. The van der Waals surface area contributed by atoms with Crippen molar-refractivity contribution < 1.29 is 4.74 Å². The molecule has 0 saturated heterocycles. The molecular formula is C9H21NO. The minimum Gasteiger partial charge on any atom is -0.385 e. The molecule has 0 bridgehead atoms. The lowest BCUT2D eigenvalue weighted by atomic mass is 10.1. The van der Waals surface area contributed by atoms with E-state index in [4.69, 9.17) is 4.74 Å². The molecule has 1 atom stereocenters. The molecule has 0 fully saturated rings. The monoisotopic (exact) mass is 159 g/mol. The number of rotatable bonds is 6. The Labute approximate surface area is 70.5 Å². The topological polar surface area (TPSA) is 12.5 Å². The van der Waals surface area contributed by atoms with Crippen molar-refractivity contribution >= 4 is 0 Å². The molecular weight excluding hydrogens is 138 g/mol.